The molecular weight excluding hydrogens is 407 g/mol. The van der Waals surface area contributed by atoms with Crippen molar-refractivity contribution in [2.45, 2.75) is 6.42 Å². The van der Waals surface area contributed by atoms with Crippen LogP contribution >= 0.6 is 24.0 Å². The molecule has 6 nitrogen and oxygen atoms in total. The summed E-state index contributed by atoms with van der Waals surface area (Å²) in [5, 5.41) is 6.39. The van der Waals surface area contributed by atoms with Gasteiger partial charge < -0.3 is 19.8 Å². The predicted octanol–water partition coefficient (Wildman–Crippen LogP) is 0.941. The van der Waals surface area contributed by atoms with Gasteiger partial charge in [-0.3, -0.25) is 9.89 Å². The van der Waals surface area contributed by atoms with Crippen LogP contribution in [0.25, 0.3) is 0 Å². The third kappa shape index (κ3) is 8.25. The lowest BCUT2D eigenvalue weighted by molar-refractivity contribution is 0.0394. The number of guanidine groups is 1. The molecule has 0 radical (unpaired) electrons. The van der Waals surface area contributed by atoms with Crippen molar-refractivity contribution >= 4 is 29.9 Å². The zero-order valence-electron chi connectivity index (χ0n) is 13.3. The van der Waals surface area contributed by atoms with E-state index < -0.39 is 0 Å². The molecular formula is C16H25IN4O2. The van der Waals surface area contributed by atoms with Gasteiger partial charge in [-0.1, -0.05) is 5.92 Å². The van der Waals surface area contributed by atoms with Crippen LogP contribution < -0.4 is 10.6 Å². The number of halogens is 1. The monoisotopic (exact) mass is 432 g/mol. The van der Waals surface area contributed by atoms with Crippen LogP contribution in [0.1, 0.15) is 5.76 Å². The number of furan rings is 1. The summed E-state index contributed by atoms with van der Waals surface area (Å²) in [5.74, 6) is 4.27. The Morgan fingerprint density at radius 1 is 1.35 bits per heavy atom. The first kappa shape index (κ1) is 19.8. The Kier molecular flexibility index (Phi) is 10.5. The topological polar surface area (TPSA) is 62.0 Å². The molecule has 1 aromatic heterocycles. The molecule has 1 fully saturated rings. The molecule has 0 amide bonds. The average molecular weight is 432 g/mol. The lowest BCUT2D eigenvalue weighted by Crippen LogP contribution is -2.40. The molecule has 0 aliphatic carbocycles. The smallest absolute Gasteiger partial charge is 0.192 e. The molecule has 0 spiro atoms. The van der Waals surface area contributed by atoms with E-state index >= 15 is 0 Å². The molecule has 0 bridgehead atoms. The van der Waals surface area contributed by atoms with Gasteiger partial charge in [0.25, 0.3) is 0 Å². The molecule has 7 heteroatoms. The molecule has 128 valence electrons. The van der Waals surface area contributed by atoms with Gasteiger partial charge >= 0.3 is 0 Å². The largest absolute Gasteiger partial charge is 0.469 e. The standard InChI is InChI=1S/C16H24N4O2.HI/c1-2-6-17-16(18-7-5-15-4-3-12-22-15)19-8-9-20-10-13-21-14-11-20;/h1,3-4,12H,5-11,13-14H2,(H2,17,18,19);1H. The van der Waals surface area contributed by atoms with Crippen molar-refractivity contribution in [3.05, 3.63) is 24.2 Å². The second kappa shape index (κ2) is 12.2. The van der Waals surface area contributed by atoms with E-state index in [-0.39, 0.29) is 24.0 Å². The summed E-state index contributed by atoms with van der Waals surface area (Å²) in [6.45, 7) is 6.47. The van der Waals surface area contributed by atoms with Gasteiger partial charge in [0.1, 0.15) is 5.76 Å². The Morgan fingerprint density at radius 3 is 2.87 bits per heavy atom. The van der Waals surface area contributed by atoms with E-state index in [1.165, 1.54) is 0 Å². The Hall–Kier alpha value is -1.24. The molecule has 1 aliphatic rings. The molecule has 2 heterocycles. The molecule has 0 saturated carbocycles. The second-order valence-corrected chi connectivity index (χ2v) is 5.00. The van der Waals surface area contributed by atoms with Gasteiger partial charge in [0.05, 0.1) is 32.6 Å². The lowest BCUT2D eigenvalue weighted by Gasteiger charge is -2.25. The lowest BCUT2D eigenvalue weighted by atomic mass is 10.3. The molecule has 2 rings (SSSR count). The molecule has 1 saturated heterocycles. The number of nitrogens with zero attached hydrogens (tertiary/aromatic N) is 2. The molecule has 0 atom stereocenters. The number of nitrogens with one attached hydrogen (secondary N) is 2. The van der Waals surface area contributed by atoms with Gasteiger partial charge in [0, 0.05) is 32.6 Å². The fraction of sp³-hybridized carbons (Fsp3) is 0.562. The van der Waals surface area contributed by atoms with E-state index in [9.17, 15) is 0 Å². The van der Waals surface area contributed by atoms with Crippen molar-refractivity contribution in [1.82, 2.24) is 15.5 Å². The first-order chi connectivity index (χ1) is 10.9. The minimum atomic E-state index is 0. The number of hydrogen-bond donors (Lipinski definition) is 2. The van der Waals surface area contributed by atoms with Crippen LogP contribution in [0.3, 0.4) is 0 Å². The predicted molar refractivity (Wildman–Crippen MR) is 102 cm³/mol. The van der Waals surface area contributed by atoms with Gasteiger partial charge in [-0.15, -0.1) is 30.4 Å². The van der Waals surface area contributed by atoms with Crippen LogP contribution in [0.4, 0.5) is 0 Å². The third-order valence-corrected chi connectivity index (χ3v) is 3.39. The Bertz CT molecular complexity index is 479. The van der Waals surface area contributed by atoms with Crippen LogP contribution in [0.2, 0.25) is 0 Å². The summed E-state index contributed by atoms with van der Waals surface area (Å²) >= 11 is 0. The number of morpholine rings is 1. The minimum Gasteiger partial charge on any atom is -0.469 e. The van der Waals surface area contributed by atoms with Gasteiger partial charge in [0.2, 0.25) is 0 Å². The van der Waals surface area contributed by atoms with Crippen molar-refractivity contribution in [3.63, 3.8) is 0 Å². The summed E-state index contributed by atoms with van der Waals surface area (Å²) in [7, 11) is 0. The Labute approximate surface area is 155 Å². The highest BCUT2D eigenvalue weighted by Gasteiger charge is 2.09. The van der Waals surface area contributed by atoms with Crippen molar-refractivity contribution in [2.24, 2.45) is 4.99 Å². The van der Waals surface area contributed by atoms with Gasteiger partial charge in [0.15, 0.2) is 5.96 Å². The van der Waals surface area contributed by atoms with Crippen LogP contribution in [-0.2, 0) is 11.2 Å². The van der Waals surface area contributed by atoms with E-state index in [4.69, 9.17) is 15.6 Å². The number of ether oxygens (including phenoxy) is 1. The number of aliphatic imine (C=N–C) groups is 1. The quantitative estimate of drug-likeness (QED) is 0.291. The summed E-state index contributed by atoms with van der Waals surface area (Å²) in [5.41, 5.74) is 0. The van der Waals surface area contributed by atoms with Gasteiger partial charge in [-0.2, -0.15) is 0 Å². The summed E-state index contributed by atoms with van der Waals surface area (Å²) < 4.78 is 10.6. The van der Waals surface area contributed by atoms with Gasteiger partial charge in [-0.25, -0.2) is 0 Å². The first-order valence-corrected chi connectivity index (χ1v) is 7.66. The van der Waals surface area contributed by atoms with Crippen LogP contribution in [0.5, 0.6) is 0 Å². The van der Waals surface area contributed by atoms with E-state index in [2.05, 4.69) is 26.4 Å². The Balaban J connectivity index is 0.00000264. The third-order valence-electron chi connectivity index (χ3n) is 3.39. The first-order valence-electron chi connectivity index (χ1n) is 7.66. The van der Waals surface area contributed by atoms with Crippen molar-refractivity contribution in [2.75, 3.05) is 52.5 Å². The molecule has 2 N–H and O–H groups in total. The minimum absolute atomic E-state index is 0. The number of terminal acetylenes is 1. The summed E-state index contributed by atoms with van der Waals surface area (Å²) in [6, 6.07) is 3.86. The van der Waals surface area contributed by atoms with E-state index in [1.54, 1.807) is 6.26 Å². The number of rotatable bonds is 7. The van der Waals surface area contributed by atoms with Gasteiger partial charge in [-0.05, 0) is 12.1 Å². The molecule has 1 aromatic rings. The van der Waals surface area contributed by atoms with Crippen molar-refractivity contribution < 1.29 is 9.15 Å². The highest BCUT2D eigenvalue weighted by Crippen LogP contribution is 1.99. The summed E-state index contributed by atoms with van der Waals surface area (Å²) in [4.78, 5) is 6.92. The maximum Gasteiger partial charge on any atom is 0.192 e. The molecule has 0 aromatic carbocycles. The molecule has 0 unspecified atom stereocenters. The van der Waals surface area contributed by atoms with E-state index in [0.29, 0.717) is 6.54 Å². The SMILES string of the molecule is C#CCNC(=NCCN1CCOCC1)NCCc1ccco1.I. The molecule has 23 heavy (non-hydrogen) atoms. The van der Waals surface area contributed by atoms with Crippen LogP contribution in [0.15, 0.2) is 27.8 Å². The zero-order chi connectivity index (χ0) is 15.5. The fourth-order valence-electron chi connectivity index (χ4n) is 2.20. The highest BCUT2D eigenvalue weighted by atomic mass is 127. The van der Waals surface area contributed by atoms with Crippen LogP contribution in [-0.4, -0.2) is 63.3 Å². The maximum atomic E-state index is 5.34. The van der Waals surface area contributed by atoms with Crippen molar-refractivity contribution in [3.8, 4) is 12.3 Å². The zero-order valence-corrected chi connectivity index (χ0v) is 15.6. The summed E-state index contributed by atoms with van der Waals surface area (Å²) in [6.07, 6.45) is 7.79. The number of hydrogen-bond acceptors (Lipinski definition) is 4. The second-order valence-electron chi connectivity index (χ2n) is 5.00. The average Bonchev–Trinajstić information content (AvgIpc) is 3.06. The van der Waals surface area contributed by atoms with Crippen LogP contribution in [0, 0.1) is 12.3 Å². The van der Waals surface area contributed by atoms with E-state index in [0.717, 1.165) is 64.1 Å². The maximum absolute atomic E-state index is 5.34. The Morgan fingerprint density at radius 2 is 2.17 bits per heavy atom. The van der Waals surface area contributed by atoms with E-state index in [1.807, 2.05) is 12.1 Å². The molecule has 1 aliphatic heterocycles. The normalized spacial score (nSPS) is 15.5. The van der Waals surface area contributed by atoms with Crippen molar-refractivity contribution in [1.29, 1.82) is 0 Å². The fourth-order valence-corrected chi connectivity index (χ4v) is 2.20. The highest BCUT2D eigenvalue weighted by molar-refractivity contribution is 14.0.